The Morgan fingerprint density at radius 1 is 1.00 bits per heavy atom. The van der Waals surface area contributed by atoms with Crippen molar-refractivity contribution in [3.05, 3.63) is 53.6 Å². The predicted octanol–water partition coefficient (Wildman–Crippen LogP) is 3.47. The molecule has 94 valence electrons. The van der Waals surface area contributed by atoms with Crippen LogP contribution in [0.2, 0.25) is 5.02 Å². The first-order valence-electron chi connectivity index (χ1n) is 5.65. The number of rotatable bonds is 5. The highest BCUT2D eigenvalue weighted by molar-refractivity contribution is 6.32. The van der Waals surface area contributed by atoms with Gasteiger partial charge in [-0.2, -0.15) is 0 Å². The summed E-state index contributed by atoms with van der Waals surface area (Å²) in [5, 5.41) is 0.545. The summed E-state index contributed by atoms with van der Waals surface area (Å²) in [7, 11) is 0. The molecule has 0 aliphatic rings. The molecular formula is C14H14ClNO2. The van der Waals surface area contributed by atoms with E-state index in [0.29, 0.717) is 29.7 Å². The average molecular weight is 264 g/mol. The van der Waals surface area contributed by atoms with Gasteiger partial charge in [0.25, 0.3) is 0 Å². The monoisotopic (exact) mass is 263 g/mol. The standard InChI is InChI=1S/C14H14ClNO2/c15-13-7-6-12(10-14(13)17-9-8-16)18-11-4-2-1-3-5-11/h1-7,10H,8-9,16H2. The van der Waals surface area contributed by atoms with Crippen molar-refractivity contribution in [3.63, 3.8) is 0 Å². The van der Waals surface area contributed by atoms with E-state index in [4.69, 9.17) is 26.8 Å². The van der Waals surface area contributed by atoms with Gasteiger partial charge in [0.2, 0.25) is 0 Å². The molecule has 0 radical (unpaired) electrons. The first-order chi connectivity index (χ1) is 8.79. The second kappa shape index (κ2) is 6.28. The summed E-state index contributed by atoms with van der Waals surface area (Å²) in [5.74, 6) is 2.03. The van der Waals surface area contributed by atoms with Crippen LogP contribution >= 0.6 is 11.6 Å². The number of nitrogens with two attached hydrogens (primary N) is 1. The molecule has 0 bridgehead atoms. The SMILES string of the molecule is NCCOc1cc(Oc2ccccc2)ccc1Cl. The summed E-state index contributed by atoms with van der Waals surface area (Å²) in [4.78, 5) is 0. The zero-order chi connectivity index (χ0) is 12.8. The Kier molecular flexibility index (Phi) is 4.45. The van der Waals surface area contributed by atoms with Crippen LogP contribution in [0.15, 0.2) is 48.5 Å². The van der Waals surface area contributed by atoms with Crippen molar-refractivity contribution in [2.75, 3.05) is 13.2 Å². The molecule has 0 saturated heterocycles. The van der Waals surface area contributed by atoms with E-state index in [0.717, 1.165) is 5.75 Å². The van der Waals surface area contributed by atoms with Crippen LogP contribution in [0.3, 0.4) is 0 Å². The molecule has 0 fully saturated rings. The summed E-state index contributed by atoms with van der Waals surface area (Å²) in [6.45, 7) is 0.870. The molecule has 0 spiro atoms. The molecule has 2 rings (SSSR count). The maximum absolute atomic E-state index is 6.01. The highest BCUT2D eigenvalue weighted by atomic mass is 35.5. The van der Waals surface area contributed by atoms with Gasteiger partial charge in [0.1, 0.15) is 23.9 Å². The second-order valence-electron chi connectivity index (χ2n) is 3.64. The molecule has 0 saturated carbocycles. The molecule has 0 atom stereocenters. The Morgan fingerprint density at radius 3 is 2.50 bits per heavy atom. The number of para-hydroxylation sites is 1. The maximum atomic E-state index is 6.01. The zero-order valence-electron chi connectivity index (χ0n) is 9.80. The molecule has 3 nitrogen and oxygen atoms in total. The molecule has 2 aromatic rings. The minimum atomic E-state index is 0.425. The van der Waals surface area contributed by atoms with Gasteiger partial charge in [-0.1, -0.05) is 29.8 Å². The van der Waals surface area contributed by atoms with Crippen LogP contribution < -0.4 is 15.2 Å². The summed E-state index contributed by atoms with van der Waals surface area (Å²) >= 11 is 6.01. The average Bonchev–Trinajstić information content (AvgIpc) is 2.40. The maximum Gasteiger partial charge on any atom is 0.141 e. The van der Waals surface area contributed by atoms with Crippen molar-refractivity contribution in [1.82, 2.24) is 0 Å². The van der Waals surface area contributed by atoms with Crippen LogP contribution in [-0.4, -0.2) is 13.2 Å². The lowest BCUT2D eigenvalue weighted by Crippen LogP contribution is -2.10. The second-order valence-corrected chi connectivity index (χ2v) is 4.05. The van der Waals surface area contributed by atoms with Gasteiger partial charge in [-0.15, -0.1) is 0 Å². The molecule has 0 amide bonds. The van der Waals surface area contributed by atoms with Gasteiger partial charge in [-0.05, 0) is 24.3 Å². The Labute approximate surface area is 111 Å². The van der Waals surface area contributed by atoms with Crippen LogP contribution in [-0.2, 0) is 0 Å². The molecule has 18 heavy (non-hydrogen) atoms. The van der Waals surface area contributed by atoms with E-state index in [1.807, 2.05) is 30.3 Å². The van der Waals surface area contributed by atoms with E-state index in [9.17, 15) is 0 Å². The van der Waals surface area contributed by atoms with Crippen molar-refractivity contribution in [1.29, 1.82) is 0 Å². The van der Waals surface area contributed by atoms with Gasteiger partial charge in [-0.25, -0.2) is 0 Å². The summed E-state index contributed by atoms with van der Waals surface area (Å²) in [6, 6.07) is 14.8. The molecule has 0 aliphatic carbocycles. The van der Waals surface area contributed by atoms with Gasteiger partial charge in [0, 0.05) is 12.6 Å². The first-order valence-corrected chi connectivity index (χ1v) is 6.02. The van der Waals surface area contributed by atoms with Crippen LogP contribution in [0.1, 0.15) is 0 Å². The number of ether oxygens (including phenoxy) is 2. The summed E-state index contributed by atoms with van der Waals surface area (Å²) in [5.41, 5.74) is 5.39. The van der Waals surface area contributed by atoms with Gasteiger partial charge in [0.15, 0.2) is 0 Å². The van der Waals surface area contributed by atoms with Crippen LogP contribution in [0, 0.1) is 0 Å². The van der Waals surface area contributed by atoms with Gasteiger partial charge in [-0.3, -0.25) is 0 Å². The Bertz CT molecular complexity index is 502. The van der Waals surface area contributed by atoms with Gasteiger partial charge >= 0.3 is 0 Å². The molecule has 0 unspecified atom stereocenters. The van der Waals surface area contributed by atoms with Crippen molar-refractivity contribution in [2.45, 2.75) is 0 Å². The normalized spacial score (nSPS) is 10.1. The Balaban J connectivity index is 2.14. The highest BCUT2D eigenvalue weighted by Gasteiger charge is 2.04. The van der Waals surface area contributed by atoms with Crippen molar-refractivity contribution >= 4 is 11.6 Å². The smallest absolute Gasteiger partial charge is 0.141 e. The topological polar surface area (TPSA) is 44.5 Å². The molecule has 2 N–H and O–H groups in total. The van der Waals surface area contributed by atoms with E-state index in [-0.39, 0.29) is 0 Å². The lowest BCUT2D eigenvalue weighted by atomic mass is 10.3. The van der Waals surface area contributed by atoms with E-state index in [1.165, 1.54) is 0 Å². The molecule has 0 heterocycles. The molecule has 2 aromatic carbocycles. The number of hydrogen-bond donors (Lipinski definition) is 1. The Morgan fingerprint density at radius 2 is 1.78 bits per heavy atom. The first kappa shape index (κ1) is 12.7. The van der Waals surface area contributed by atoms with Gasteiger partial charge in [0.05, 0.1) is 5.02 Å². The number of benzene rings is 2. The number of hydrogen-bond acceptors (Lipinski definition) is 3. The third-order valence-corrected chi connectivity index (χ3v) is 2.57. The molecule has 0 aliphatic heterocycles. The van der Waals surface area contributed by atoms with Crippen molar-refractivity contribution in [2.24, 2.45) is 5.73 Å². The minimum absolute atomic E-state index is 0.425. The fourth-order valence-electron chi connectivity index (χ4n) is 1.45. The minimum Gasteiger partial charge on any atom is -0.491 e. The quantitative estimate of drug-likeness (QED) is 0.898. The Hall–Kier alpha value is -1.71. The largest absolute Gasteiger partial charge is 0.491 e. The lowest BCUT2D eigenvalue weighted by Gasteiger charge is -2.10. The van der Waals surface area contributed by atoms with E-state index < -0.39 is 0 Å². The third-order valence-electron chi connectivity index (χ3n) is 2.26. The van der Waals surface area contributed by atoms with Crippen LogP contribution in [0.5, 0.6) is 17.2 Å². The van der Waals surface area contributed by atoms with E-state index in [2.05, 4.69) is 0 Å². The molecule has 0 aromatic heterocycles. The fourth-order valence-corrected chi connectivity index (χ4v) is 1.62. The van der Waals surface area contributed by atoms with Crippen LogP contribution in [0.4, 0.5) is 0 Å². The van der Waals surface area contributed by atoms with Gasteiger partial charge < -0.3 is 15.2 Å². The van der Waals surface area contributed by atoms with E-state index >= 15 is 0 Å². The van der Waals surface area contributed by atoms with Crippen LogP contribution in [0.25, 0.3) is 0 Å². The predicted molar refractivity (Wildman–Crippen MR) is 72.5 cm³/mol. The van der Waals surface area contributed by atoms with Crippen molar-refractivity contribution in [3.8, 4) is 17.2 Å². The zero-order valence-corrected chi connectivity index (χ0v) is 10.6. The molecular weight excluding hydrogens is 250 g/mol. The summed E-state index contributed by atoms with van der Waals surface area (Å²) < 4.78 is 11.1. The fraction of sp³-hybridized carbons (Fsp3) is 0.143. The van der Waals surface area contributed by atoms with Crippen molar-refractivity contribution < 1.29 is 9.47 Å². The van der Waals surface area contributed by atoms with E-state index in [1.54, 1.807) is 18.2 Å². The lowest BCUT2D eigenvalue weighted by molar-refractivity contribution is 0.326. The number of halogens is 1. The third kappa shape index (κ3) is 3.39. The highest BCUT2D eigenvalue weighted by Crippen LogP contribution is 2.31. The molecule has 4 heteroatoms. The summed E-state index contributed by atoms with van der Waals surface area (Å²) in [6.07, 6.45) is 0.